The summed E-state index contributed by atoms with van der Waals surface area (Å²) in [5.41, 5.74) is 4.52. The quantitative estimate of drug-likeness (QED) is 0.928. The van der Waals surface area contributed by atoms with E-state index in [-0.39, 0.29) is 17.5 Å². The van der Waals surface area contributed by atoms with Crippen LogP contribution in [0.5, 0.6) is 0 Å². The minimum absolute atomic E-state index is 0.0729. The third-order valence-corrected chi connectivity index (χ3v) is 4.30. The van der Waals surface area contributed by atoms with Gasteiger partial charge in [-0.05, 0) is 13.0 Å². The second-order valence-corrected chi connectivity index (χ2v) is 5.80. The summed E-state index contributed by atoms with van der Waals surface area (Å²) >= 11 is 1.01. The van der Waals surface area contributed by atoms with E-state index >= 15 is 0 Å². The summed E-state index contributed by atoms with van der Waals surface area (Å²) in [7, 11) is 0. The number of alkyl halides is 3. The molecule has 0 aromatic carbocycles. The number of rotatable bonds is 4. The number of ether oxygens (including phenoxy) is 1. The van der Waals surface area contributed by atoms with Gasteiger partial charge in [-0.3, -0.25) is 4.90 Å². The lowest BCUT2D eigenvalue weighted by Crippen LogP contribution is -2.38. The van der Waals surface area contributed by atoms with E-state index < -0.39 is 11.9 Å². The zero-order valence-corrected chi connectivity index (χ0v) is 12.1. The molecule has 4 nitrogen and oxygen atoms in total. The van der Waals surface area contributed by atoms with Crippen LogP contribution >= 0.6 is 11.3 Å². The summed E-state index contributed by atoms with van der Waals surface area (Å²) in [5.74, 6) is 0. The number of nitrogens with two attached hydrogens (primary N) is 1. The second kappa shape index (κ2) is 6.38. The minimum atomic E-state index is -4.46. The molecule has 1 aromatic rings. The largest absolute Gasteiger partial charge is 0.434 e. The maximum atomic E-state index is 12.9. The highest BCUT2D eigenvalue weighted by Crippen LogP contribution is 2.37. The number of hydrogen-bond acceptors (Lipinski definition) is 5. The van der Waals surface area contributed by atoms with Crippen molar-refractivity contribution in [3.05, 3.63) is 15.6 Å². The van der Waals surface area contributed by atoms with Gasteiger partial charge >= 0.3 is 6.18 Å². The molecule has 1 unspecified atom stereocenters. The fourth-order valence-electron chi connectivity index (χ4n) is 2.24. The van der Waals surface area contributed by atoms with Crippen molar-refractivity contribution in [1.29, 1.82) is 0 Å². The Bertz CT molecular complexity index is 448. The SMILES string of the molecule is CCCN1CCOC(c2nc(C(F)(F)F)c(CN)s2)C1. The number of aromatic nitrogens is 1. The van der Waals surface area contributed by atoms with Crippen LogP contribution in [0.1, 0.15) is 35.0 Å². The molecule has 0 radical (unpaired) electrons. The summed E-state index contributed by atoms with van der Waals surface area (Å²) in [6.07, 6.45) is -3.84. The molecule has 1 atom stereocenters. The fraction of sp³-hybridized carbons (Fsp3) is 0.750. The van der Waals surface area contributed by atoms with Crippen molar-refractivity contribution in [1.82, 2.24) is 9.88 Å². The summed E-state index contributed by atoms with van der Waals surface area (Å²) < 4.78 is 44.1. The van der Waals surface area contributed by atoms with E-state index in [2.05, 4.69) is 16.8 Å². The Morgan fingerprint density at radius 3 is 2.80 bits per heavy atom. The van der Waals surface area contributed by atoms with Gasteiger partial charge in [-0.15, -0.1) is 11.3 Å². The van der Waals surface area contributed by atoms with Crippen molar-refractivity contribution in [3.8, 4) is 0 Å². The molecule has 2 N–H and O–H groups in total. The van der Waals surface area contributed by atoms with Crippen LogP contribution in [0.15, 0.2) is 0 Å². The van der Waals surface area contributed by atoms with Crippen LogP contribution in [0.3, 0.4) is 0 Å². The summed E-state index contributed by atoms with van der Waals surface area (Å²) in [5, 5.41) is 0.374. The molecular weight excluding hydrogens is 291 g/mol. The van der Waals surface area contributed by atoms with E-state index in [0.717, 1.165) is 30.8 Å². The van der Waals surface area contributed by atoms with Crippen LogP contribution < -0.4 is 5.73 Å². The van der Waals surface area contributed by atoms with Crippen molar-refractivity contribution in [2.45, 2.75) is 32.2 Å². The van der Waals surface area contributed by atoms with E-state index in [9.17, 15) is 13.2 Å². The molecule has 2 rings (SSSR count). The summed E-state index contributed by atoms with van der Waals surface area (Å²) in [6.45, 7) is 4.75. The molecule has 0 aliphatic carbocycles. The van der Waals surface area contributed by atoms with Crippen LogP contribution in [0.2, 0.25) is 0 Å². The molecule has 0 amide bonds. The normalized spacial score (nSPS) is 21.4. The van der Waals surface area contributed by atoms with Gasteiger partial charge in [-0.25, -0.2) is 4.98 Å². The first-order valence-corrected chi connectivity index (χ1v) is 7.38. The Kier molecular flexibility index (Phi) is 5.00. The number of halogens is 3. The van der Waals surface area contributed by atoms with Gasteiger partial charge in [0.05, 0.1) is 11.5 Å². The topological polar surface area (TPSA) is 51.4 Å². The molecule has 0 spiro atoms. The molecule has 1 aromatic heterocycles. The molecule has 0 bridgehead atoms. The number of morpholine rings is 1. The predicted molar refractivity (Wildman–Crippen MR) is 70.4 cm³/mol. The summed E-state index contributed by atoms with van der Waals surface area (Å²) in [4.78, 5) is 5.99. The van der Waals surface area contributed by atoms with Gasteiger partial charge in [0.15, 0.2) is 5.69 Å². The monoisotopic (exact) mass is 309 g/mol. The van der Waals surface area contributed by atoms with Gasteiger partial charge in [-0.2, -0.15) is 13.2 Å². The molecule has 1 saturated heterocycles. The highest BCUT2D eigenvalue weighted by Gasteiger charge is 2.38. The molecule has 1 fully saturated rings. The van der Waals surface area contributed by atoms with Crippen molar-refractivity contribution in [2.24, 2.45) is 5.73 Å². The zero-order chi connectivity index (χ0) is 14.8. The average molecular weight is 309 g/mol. The van der Waals surface area contributed by atoms with E-state index in [1.807, 2.05) is 0 Å². The van der Waals surface area contributed by atoms with Crippen LogP contribution in [-0.4, -0.2) is 36.1 Å². The van der Waals surface area contributed by atoms with Crippen molar-refractivity contribution in [2.75, 3.05) is 26.2 Å². The van der Waals surface area contributed by atoms with E-state index in [0.29, 0.717) is 18.2 Å². The Morgan fingerprint density at radius 1 is 1.50 bits per heavy atom. The summed E-state index contributed by atoms with van der Waals surface area (Å²) in [6, 6.07) is 0. The highest BCUT2D eigenvalue weighted by molar-refractivity contribution is 7.11. The van der Waals surface area contributed by atoms with Gasteiger partial charge < -0.3 is 10.5 Å². The lowest BCUT2D eigenvalue weighted by molar-refractivity contribution is -0.141. The molecule has 20 heavy (non-hydrogen) atoms. The lowest BCUT2D eigenvalue weighted by Gasteiger charge is -2.31. The molecule has 1 aliphatic heterocycles. The van der Waals surface area contributed by atoms with Crippen LogP contribution in [-0.2, 0) is 17.5 Å². The van der Waals surface area contributed by atoms with Gasteiger partial charge in [0.25, 0.3) is 0 Å². The van der Waals surface area contributed by atoms with Crippen molar-refractivity contribution in [3.63, 3.8) is 0 Å². The van der Waals surface area contributed by atoms with Gasteiger partial charge in [0.1, 0.15) is 11.1 Å². The van der Waals surface area contributed by atoms with Gasteiger partial charge in [0.2, 0.25) is 0 Å². The number of nitrogens with zero attached hydrogens (tertiary/aromatic N) is 2. The third kappa shape index (κ3) is 3.49. The Balaban J connectivity index is 2.18. The molecule has 0 saturated carbocycles. The van der Waals surface area contributed by atoms with E-state index in [1.54, 1.807) is 0 Å². The smallest absolute Gasteiger partial charge is 0.368 e. The number of thiazole rings is 1. The standard InChI is InChI=1S/C12H18F3N3OS/c1-2-3-18-4-5-19-8(7-18)11-17-10(12(13,14)15)9(6-16)20-11/h8H,2-7,16H2,1H3. The molecule has 8 heteroatoms. The third-order valence-electron chi connectivity index (χ3n) is 3.13. The Hall–Kier alpha value is -0.700. The molecule has 114 valence electrons. The van der Waals surface area contributed by atoms with Crippen molar-refractivity contribution < 1.29 is 17.9 Å². The predicted octanol–water partition coefficient (Wildman–Crippen LogP) is 2.40. The first-order chi connectivity index (χ1) is 9.45. The molecule has 1 aliphatic rings. The fourth-order valence-corrected chi connectivity index (χ4v) is 3.24. The first-order valence-electron chi connectivity index (χ1n) is 6.56. The average Bonchev–Trinajstić information content (AvgIpc) is 2.83. The molecule has 2 heterocycles. The number of hydrogen-bond donors (Lipinski definition) is 1. The van der Waals surface area contributed by atoms with Gasteiger partial charge in [-0.1, -0.05) is 6.92 Å². The Labute approximate surface area is 119 Å². The van der Waals surface area contributed by atoms with Crippen LogP contribution in [0.25, 0.3) is 0 Å². The van der Waals surface area contributed by atoms with Crippen LogP contribution in [0.4, 0.5) is 13.2 Å². The lowest BCUT2D eigenvalue weighted by atomic mass is 10.2. The Morgan fingerprint density at radius 2 is 2.25 bits per heavy atom. The molecular formula is C12H18F3N3OS. The second-order valence-electron chi connectivity index (χ2n) is 4.69. The van der Waals surface area contributed by atoms with Crippen LogP contribution in [0, 0.1) is 0 Å². The minimum Gasteiger partial charge on any atom is -0.368 e. The van der Waals surface area contributed by atoms with Crippen molar-refractivity contribution >= 4 is 11.3 Å². The zero-order valence-electron chi connectivity index (χ0n) is 11.2. The highest BCUT2D eigenvalue weighted by atomic mass is 32.1. The maximum absolute atomic E-state index is 12.9. The van der Waals surface area contributed by atoms with Gasteiger partial charge in [0, 0.05) is 19.6 Å². The van der Waals surface area contributed by atoms with E-state index in [4.69, 9.17) is 10.5 Å². The first kappa shape index (κ1) is 15.7. The maximum Gasteiger partial charge on any atom is 0.434 e. The van der Waals surface area contributed by atoms with E-state index in [1.165, 1.54) is 0 Å².